The second kappa shape index (κ2) is 19.3. The minimum Gasteiger partial charge on any atom is -0.497 e. The van der Waals surface area contributed by atoms with Crippen molar-refractivity contribution in [2.45, 2.75) is 101 Å². The van der Waals surface area contributed by atoms with Crippen molar-refractivity contribution in [1.82, 2.24) is 10.2 Å². The number of hydrogen-bond acceptors (Lipinski definition) is 11. The van der Waals surface area contributed by atoms with Crippen LogP contribution < -0.4 is 29.8 Å². The predicted molar refractivity (Wildman–Crippen MR) is 253 cm³/mol. The van der Waals surface area contributed by atoms with Gasteiger partial charge < -0.3 is 39.5 Å². The van der Waals surface area contributed by atoms with Gasteiger partial charge in [0.1, 0.15) is 11.5 Å². The van der Waals surface area contributed by atoms with Crippen molar-refractivity contribution in [1.29, 1.82) is 0 Å². The Balaban J connectivity index is 1.14. The van der Waals surface area contributed by atoms with E-state index in [1.54, 1.807) is 27.9 Å². The van der Waals surface area contributed by atoms with Crippen LogP contribution in [0.5, 0.6) is 11.5 Å². The van der Waals surface area contributed by atoms with Crippen molar-refractivity contribution >= 4 is 53.7 Å². The van der Waals surface area contributed by atoms with Crippen molar-refractivity contribution in [2.24, 2.45) is 5.92 Å². The average Bonchev–Trinajstić information content (AvgIpc) is 3.98. The number of carbonyl (C=O) groups excluding carboxylic acids is 3. The van der Waals surface area contributed by atoms with E-state index in [1.807, 2.05) is 80.6 Å². The fourth-order valence-electron chi connectivity index (χ4n) is 11.1. The lowest BCUT2D eigenvalue weighted by molar-refractivity contribution is -0.385. The van der Waals surface area contributed by atoms with Crippen molar-refractivity contribution < 1.29 is 43.7 Å². The monoisotopic (exact) mass is 919 g/mol. The number of amides is 3. The van der Waals surface area contributed by atoms with Crippen molar-refractivity contribution in [3.05, 3.63) is 112 Å². The van der Waals surface area contributed by atoms with Gasteiger partial charge in [-0.05, 0) is 111 Å². The summed E-state index contributed by atoms with van der Waals surface area (Å²) in [5, 5.41) is 36.3. The first-order valence-corrected chi connectivity index (χ1v) is 26.2. The Bertz CT molecular complexity index is 2450. The Morgan fingerprint density at radius 2 is 1.71 bits per heavy atom. The normalized spacial score (nSPS) is 23.7. The topological polar surface area (TPSA) is 184 Å². The highest BCUT2D eigenvalue weighted by Gasteiger charge is 2.67. The number of nitro benzene ring substituents is 1. The summed E-state index contributed by atoms with van der Waals surface area (Å²) in [6.45, 7) is 10.0. The lowest BCUT2D eigenvalue weighted by atomic mass is 9.82. The zero-order chi connectivity index (χ0) is 46.9. The van der Waals surface area contributed by atoms with Gasteiger partial charge in [0.2, 0.25) is 11.8 Å². The maximum absolute atomic E-state index is 15.5. The van der Waals surface area contributed by atoms with Crippen LogP contribution in [0, 0.1) is 16.0 Å². The van der Waals surface area contributed by atoms with E-state index in [0.29, 0.717) is 61.6 Å². The summed E-state index contributed by atoms with van der Waals surface area (Å²) >= 11 is 0. The third kappa shape index (κ3) is 8.49. The molecule has 0 saturated carbocycles. The largest absolute Gasteiger partial charge is 0.497 e. The van der Waals surface area contributed by atoms with E-state index in [2.05, 4.69) is 18.4 Å². The van der Waals surface area contributed by atoms with Gasteiger partial charge in [-0.25, -0.2) is 0 Å². The molecule has 3 amide bonds. The number of ether oxygens (including phenoxy) is 3. The molecule has 4 heterocycles. The molecule has 8 rings (SSSR count). The standard InChI is InChI=1S/C50H61N5O10Si/c1-6-64-39-18-22-43-34(26-39)27-42(51-23-7-8-25-56)48(59)54(43)35-13-11-33(12-14-35)30-53-44-21-15-36(55(61)62)28-41(44)50(49(53)60)32(2)47(66(4,5)40-19-16-38(63-3)17-20-40)45(65-50)29-46(58)52-24-9-10-37(52)31-57/h11-22,26,28,32,37,42,45,47,51,56-57H,6-10,23-25,27,29-31H2,1-5H3/t32-,37+,42?,45+,47-,50+/m1/s1. The molecule has 3 N–H and O–H groups in total. The zero-order valence-corrected chi connectivity index (χ0v) is 39.4. The number of nitro groups is 1. The maximum Gasteiger partial charge on any atom is 0.269 e. The highest BCUT2D eigenvalue weighted by Crippen LogP contribution is 2.60. The molecule has 1 unspecified atom stereocenters. The Kier molecular flexibility index (Phi) is 13.7. The fourth-order valence-corrected chi connectivity index (χ4v) is 15.1. The molecule has 4 aliphatic heterocycles. The third-order valence-corrected chi connectivity index (χ3v) is 18.7. The molecule has 6 atom stereocenters. The number of nitrogens with zero attached hydrogens (tertiary/aromatic N) is 4. The summed E-state index contributed by atoms with van der Waals surface area (Å²) in [5.41, 5.74) is 1.91. The fraction of sp³-hybridized carbons (Fsp3) is 0.460. The number of nitrogens with one attached hydrogen (secondary N) is 1. The first kappa shape index (κ1) is 46.9. The maximum atomic E-state index is 15.5. The number of unbranched alkanes of at least 4 members (excludes halogenated alkanes) is 1. The quantitative estimate of drug-likeness (QED) is 0.0482. The first-order chi connectivity index (χ1) is 31.8. The summed E-state index contributed by atoms with van der Waals surface area (Å²) in [6.07, 6.45) is 2.60. The Hall–Kier alpha value is -5.65. The number of benzene rings is 4. The average molecular weight is 920 g/mol. The lowest BCUT2D eigenvalue weighted by Gasteiger charge is -2.37. The molecule has 350 valence electrons. The minimum absolute atomic E-state index is 0.0107. The van der Waals surface area contributed by atoms with E-state index in [4.69, 9.17) is 14.2 Å². The smallest absolute Gasteiger partial charge is 0.269 e. The number of carbonyl (C=O) groups is 3. The van der Waals surface area contributed by atoms with Gasteiger partial charge in [-0.15, -0.1) is 0 Å². The lowest BCUT2D eigenvalue weighted by Crippen LogP contribution is -2.52. The van der Waals surface area contributed by atoms with E-state index in [-0.39, 0.29) is 61.2 Å². The number of aliphatic hydroxyl groups excluding tert-OH is 2. The summed E-state index contributed by atoms with van der Waals surface area (Å²) in [6, 6.07) is 24.8. The predicted octanol–water partition coefficient (Wildman–Crippen LogP) is 6.09. The van der Waals surface area contributed by atoms with Crippen LogP contribution in [0.3, 0.4) is 0 Å². The molecule has 1 spiro atoms. The summed E-state index contributed by atoms with van der Waals surface area (Å²) < 4.78 is 18.4. The highest BCUT2D eigenvalue weighted by atomic mass is 28.3. The molecule has 0 aliphatic carbocycles. The van der Waals surface area contributed by atoms with Crippen LogP contribution in [0.1, 0.15) is 62.6 Å². The second-order valence-corrected chi connectivity index (χ2v) is 23.2. The third-order valence-electron chi connectivity index (χ3n) is 14.4. The van der Waals surface area contributed by atoms with E-state index in [1.165, 1.54) is 12.1 Å². The van der Waals surface area contributed by atoms with Gasteiger partial charge in [0.05, 0.1) is 75.8 Å². The summed E-state index contributed by atoms with van der Waals surface area (Å²) in [4.78, 5) is 60.9. The number of methoxy groups -OCH3 is 1. The van der Waals surface area contributed by atoms with Crippen LogP contribution in [0.15, 0.2) is 84.9 Å². The van der Waals surface area contributed by atoms with E-state index >= 15 is 4.79 Å². The van der Waals surface area contributed by atoms with E-state index < -0.39 is 36.7 Å². The zero-order valence-electron chi connectivity index (χ0n) is 38.4. The molecule has 4 aromatic carbocycles. The van der Waals surface area contributed by atoms with Gasteiger partial charge in [-0.3, -0.25) is 29.4 Å². The van der Waals surface area contributed by atoms with Crippen LogP contribution >= 0.6 is 0 Å². The van der Waals surface area contributed by atoms with Crippen LogP contribution in [-0.2, 0) is 37.7 Å². The molecule has 2 saturated heterocycles. The molecule has 16 heteroatoms. The van der Waals surface area contributed by atoms with Gasteiger partial charge in [-0.2, -0.15) is 0 Å². The van der Waals surface area contributed by atoms with Crippen LogP contribution in [0.2, 0.25) is 18.6 Å². The van der Waals surface area contributed by atoms with Crippen molar-refractivity contribution in [2.75, 3.05) is 49.8 Å². The molecule has 15 nitrogen and oxygen atoms in total. The van der Waals surface area contributed by atoms with Gasteiger partial charge in [0.15, 0.2) is 5.60 Å². The van der Waals surface area contributed by atoms with Gasteiger partial charge in [0, 0.05) is 42.5 Å². The molecular weight excluding hydrogens is 859 g/mol. The van der Waals surface area contributed by atoms with Crippen molar-refractivity contribution in [3.8, 4) is 11.5 Å². The SMILES string of the molecule is CCOc1ccc2c(c1)CC(NCCCCO)C(=O)N2c1ccc(CN2C(=O)[C@@]3(O[C@@H](CC(=O)N4CCC[C@H]4CO)[C@H]([Si](C)(C)c4ccc(OC)cc4)[C@H]3C)c3cc([N+](=O)[O-])ccc32)cc1. The molecule has 0 aromatic heterocycles. The van der Waals surface area contributed by atoms with Gasteiger partial charge in [0.25, 0.3) is 11.6 Å². The van der Waals surface area contributed by atoms with E-state index in [0.717, 1.165) is 40.6 Å². The Morgan fingerprint density at radius 3 is 2.39 bits per heavy atom. The first-order valence-electron chi connectivity index (χ1n) is 23.1. The van der Waals surface area contributed by atoms with E-state index in [9.17, 15) is 29.9 Å². The minimum atomic E-state index is -2.65. The molecular formula is C50H61N5O10Si. The highest BCUT2D eigenvalue weighted by molar-refractivity contribution is 6.91. The molecule has 2 fully saturated rings. The number of anilines is 3. The number of fused-ring (bicyclic) bond motifs is 3. The Morgan fingerprint density at radius 1 is 0.985 bits per heavy atom. The van der Waals surface area contributed by atoms with Gasteiger partial charge in [-0.1, -0.05) is 49.5 Å². The van der Waals surface area contributed by atoms with Crippen LogP contribution in [-0.4, -0.2) is 104 Å². The summed E-state index contributed by atoms with van der Waals surface area (Å²) in [7, 11) is -1.04. The molecule has 0 bridgehead atoms. The van der Waals surface area contributed by atoms with Crippen LogP contribution in [0.4, 0.5) is 22.7 Å². The van der Waals surface area contributed by atoms with Crippen LogP contribution in [0.25, 0.3) is 0 Å². The molecule has 4 aromatic rings. The molecule has 4 aliphatic rings. The molecule has 0 radical (unpaired) electrons. The molecule has 66 heavy (non-hydrogen) atoms. The number of likely N-dealkylation sites (tertiary alicyclic amines) is 1. The Labute approximate surface area is 386 Å². The number of non-ortho nitro benzene ring substituents is 1. The number of rotatable bonds is 17. The number of aliphatic hydroxyl groups is 2. The number of hydrogen-bond donors (Lipinski definition) is 3. The summed E-state index contributed by atoms with van der Waals surface area (Å²) in [5.74, 6) is 0.298. The van der Waals surface area contributed by atoms with Gasteiger partial charge >= 0.3 is 0 Å². The van der Waals surface area contributed by atoms with Crippen molar-refractivity contribution in [3.63, 3.8) is 0 Å². The second-order valence-electron chi connectivity index (χ2n) is 18.5.